The van der Waals surface area contributed by atoms with Crippen LogP contribution in [0.25, 0.3) is 16.9 Å². The molecule has 4 aromatic rings. The fraction of sp³-hybridized carbons (Fsp3) is 0.182. The van der Waals surface area contributed by atoms with Gasteiger partial charge >= 0.3 is 6.18 Å². The highest BCUT2D eigenvalue weighted by Gasteiger charge is 2.37. The van der Waals surface area contributed by atoms with Gasteiger partial charge in [0, 0.05) is 17.3 Å². The van der Waals surface area contributed by atoms with Gasteiger partial charge in [-0.15, -0.1) is 0 Å². The van der Waals surface area contributed by atoms with Crippen molar-refractivity contribution in [1.82, 2.24) is 24.2 Å². The second-order valence-corrected chi connectivity index (χ2v) is 9.58. The van der Waals surface area contributed by atoms with Crippen LogP contribution in [0.15, 0.2) is 65.8 Å². The summed E-state index contributed by atoms with van der Waals surface area (Å²) in [6, 6.07) is 13.1. The summed E-state index contributed by atoms with van der Waals surface area (Å²) in [5.41, 5.74) is 0.281. The van der Waals surface area contributed by atoms with Crippen molar-refractivity contribution in [2.45, 2.75) is 30.0 Å². The summed E-state index contributed by atoms with van der Waals surface area (Å²) in [5.74, 6) is -2.24. The maximum atomic E-state index is 13.5. The van der Waals surface area contributed by atoms with Gasteiger partial charge < -0.3 is 5.32 Å². The van der Waals surface area contributed by atoms with E-state index in [0.29, 0.717) is 0 Å². The molecule has 9 nitrogen and oxygen atoms in total. The van der Waals surface area contributed by atoms with Crippen LogP contribution in [0, 0.1) is 0 Å². The molecule has 1 aliphatic carbocycles. The van der Waals surface area contributed by atoms with Gasteiger partial charge in [0.25, 0.3) is 15.9 Å². The number of carbonyl (C=O) groups is 1. The predicted molar refractivity (Wildman–Crippen MR) is 119 cm³/mol. The smallest absolute Gasteiger partial charge is 0.365 e. The second kappa shape index (κ2) is 8.34. The molecule has 0 aliphatic heterocycles. The standard InChI is InChI=1S/C22H17F3N6O3S/c23-22(24,25)21-28-18(27-14-9-10-14)17-19(29-21)31(12-26-17)15-6-4-5-13(11-15)20(32)30-35(33,34)16-7-2-1-3-8-16/h1-8,11-12,14H,9-10H2,(H,30,32)(H,27,28,29). The molecule has 0 atom stereocenters. The molecule has 1 amide bonds. The average Bonchev–Trinajstić information content (AvgIpc) is 3.53. The van der Waals surface area contributed by atoms with Crippen LogP contribution in [0.4, 0.5) is 19.0 Å². The molecule has 0 bridgehead atoms. The summed E-state index contributed by atoms with van der Waals surface area (Å²) >= 11 is 0. The molecule has 2 heterocycles. The highest BCUT2D eigenvalue weighted by molar-refractivity contribution is 7.90. The number of amides is 1. The van der Waals surface area contributed by atoms with Gasteiger partial charge in [0.1, 0.15) is 6.33 Å². The first-order valence-electron chi connectivity index (χ1n) is 10.4. The van der Waals surface area contributed by atoms with E-state index in [0.717, 1.165) is 12.8 Å². The molecule has 1 saturated carbocycles. The Morgan fingerprint density at radius 2 is 1.77 bits per heavy atom. The number of carbonyl (C=O) groups excluding carboxylic acids is 1. The Bertz CT molecular complexity index is 1530. The number of hydrogen-bond acceptors (Lipinski definition) is 7. The number of sulfonamides is 1. The zero-order valence-corrected chi connectivity index (χ0v) is 18.6. The lowest BCUT2D eigenvalue weighted by molar-refractivity contribution is -0.144. The Balaban J connectivity index is 1.52. The van der Waals surface area contributed by atoms with Crippen LogP contribution >= 0.6 is 0 Å². The van der Waals surface area contributed by atoms with Gasteiger partial charge in [-0.05, 0) is 43.2 Å². The maximum Gasteiger partial charge on any atom is 0.451 e. The van der Waals surface area contributed by atoms with Gasteiger partial charge in [-0.2, -0.15) is 13.2 Å². The topological polar surface area (TPSA) is 119 Å². The van der Waals surface area contributed by atoms with Crippen LogP contribution < -0.4 is 10.0 Å². The first kappa shape index (κ1) is 22.8. The molecular formula is C22H17F3N6O3S. The Morgan fingerprint density at radius 1 is 1.03 bits per heavy atom. The Labute approximate surface area is 197 Å². The normalized spacial score (nSPS) is 14.1. The summed E-state index contributed by atoms with van der Waals surface area (Å²) in [5, 5.41) is 2.95. The molecule has 2 aromatic carbocycles. The molecule has 1 fully saturated rings. The van der Waals surface area contributed by atoms with Crippen LogP contribution in [0.1, 0.15) is 29.0 Å². The predicted octanol–water partition coefficient (Wildman–Crippen LogP) is 3.53. The van der Waals surface area contributed by atoms with Crippen molar-refractivity contribution in [2.24, 2.45) is 0 Å². The third-order valence-corrected chi connectivity index (χ3v) is 6.58. The Morgan fingerprint density at radius 3 is 2.46 bits per heavy atom. The van der Waals surface area contributed by atoms with Gasteiger partial charge in [0.2, 0.25) is 5.82 Å². The zero-order valence-electron chi connectivity index (χ0n) is 17.8. The summed E-state index contributed by atoms with van der Waals surface area (Å²) in [6.45, 7) is 0. The van der Waals surface area contributed by atoms with E-state index in [1.54, 1.807) is 6.07 Å². The zero-order chi connectivity index (χ0) is 24.8. The molecule has 2 aromatic heterocycles. The number of anilines is 1. The number of fused-ring (bicyclic) bond motifs is 1. The number of imidazole rings is 1. The van der Waals surface area contributed by atoms with E-state index in [1.807, 2.05) is 4.72 Å². The van der Waals surface area contributed by atoms with Gasteiger partial charge in [-0.25, -0.2) is 28.1 Å². The largest absolute Gasteiger partial charge is 0.451 e. The number of halogens is 3. The molecule has 35 heavy (non-hydrogen) atoms. The van der Waals surface area contributed by atoms with Crippen molar-refractivity contribution in [3.63, 3.8) is 0 Å². The Kier molecular flexibility index (Phi) is 5.43. The summed E-state index contributed by atoms with van der Waals surface area (Å²) in [7, 11) is -4.11. The first-order chi connectivity index (χ1) is 16.6. The van der Waals surface area contributed by atoms with Crippen molar-refractivity contribution < 1.29 is 26.4 Å². The van der Waals surface area contributed by atoms with Crippen molar-refractivity contribution >= 4 is 32.9 Å². The molecule has 0 spiro atoms. The minimum atomic E-state index is -4.78. The number of benzene rings is 2. The van der Waals surface area contributed by atoms with Crippen molar-refractivity contribution in [1.29, 1.82) is 0 Å². The maximum absolute atomic E-state index is 13.5. The number of hydrogen-bond donors (Lipinski definition) is 2. The first-order valence-corrected chi connectivity index (χ1v) is 11.9. The molecule has 13 heteroatoms. The van der Waals surface area contributed by atoms with Crippen LogP contribution in [0.2, 0.25) is 0 Å². The van der Waals surface area contributed by atoms with Crippen LogP contribution in [-0.4, -0.2) is 39.9 Å². The number of nitrogens with one attached hydrogen (secondary N) is 2. The average molecular weight is 502 g/mol. The van der Waals surface area contributed by atoms with E-state index in [1.165, 1.54) is 59.4 Å². The van der Waals surface area contributed by atoms with Gasteiger partial charge in [-0.1, -0.05) is 24.3 Å². The third-order valence-electron chi connectivity index (χ3n) is 5.23. The minimum Gasteiger partial charge on any atom is -0.365 e. The summed E-state index contributed by atoms with van der Waals surface area (Å²) in [4.78, 5) is 24.1. The monoisotopic (exact) mass is 502 g/mol. The van der Waals surface area contributed by atoms with E-state index >= 15 is 0 Å². The fourth-order valence-corrected chi connectivity index (χ4v) is 4.37. The third kappa shape index (κ3) is 4.67. The molecular weight excluding hydrogens is 485 g/mol. The lowest BCUT2D eigenvalue weighted by Gasteiger charge is -2.11. The highest BCUT2D eigenvalue weighted by Crippen LogP contribution is 2.33. The second-order valence-electron chi connectivity index (χ2n) is 7.90. The van der Waals surface area contributed by atoms with E-state index in [9.17, 15) is 26.4 Å². The van der Waals surface area contributed by atoms with Crippen LogP contribution in [-0.2, 0) is 16.2 Å². The van der Waals surface area contributed by atoms with Gasteiger partial charge in [0.15, 0.2) is 17.0 Å². The van der Waals surface area contributed by atoms with E-state index in [2.05, 4.69) is 20.3 Å². The molecule has 180 valence electrons. The van der Waals surface area contributed by atoms with Crippen molar-refractivity contribution in [2.75, 3.05) is 5.32 Å². The summed E-state index contributed by atoms with van der Waals surface area (Å²) in [6.07, 6.45) is -1.88. The van der Waals surface area contributed by atoms with E-state index < -0.39 is 27.9 Å². The molecule has 1 aliphatic rings. The molecule has 0 saturated heterocycles. The Hall–Kier alpha value is -4.00. The lowest BCUT2D eigenvalue weighted by atomic mass is 10.2. The number of nitrogens with zero attached hydrogens (tertiary/aromatic N) is 4. The van der Waals surface area contributed by atoms with E-state index in [-0.39, 0.29) is 39.2 Å². The minimum absolute atomic E-state index is 0.0218. The fourth-order valence-electron chi connectivity index (χ4n) is 3.37. The van der Waals surface area contributed by atoms with E-state index in [4.69, 9.17) is 0 Å². The van der Waals surface area contributed by atoms with Crippen molar-refractivity contribution in [3.05, 3.63) is 72.3 Å². The number of alkyl halides is 3. The molecule has 5 rings (SSSR count). The summed E-state index contributed by atoms with van der Waals surface area (Å²) < 4.78 is 68.6. The molecule has 2 N–H and O–H groups in total. The lowest BCUT2D eigenvalue weighted by Crippen LogP contribution is -2.30. The quantitative estimate of drug-likeness (QED) is 0.414. The van der Waals surface area contributed by atoms with Crippen molar-refractivity contribution in [3.8, 4) is 5.69 Å². The van der Waals surface area contributed by atoms with Gasteiger partial charge in [0.05, 0.1) is 4.90 Å². The van der Waals surface area contributed by atoms with Crippen LogP contribution in [0.5, 0.6) is 0 Å². The van der Waals surface area contributed by atoms with Gasteiger partial charge in [-0.3, -0.25) is 9.36 Å². The number of aromatic nitrogens is 4. The van der Waals surface area contributed by atoms with Crippen LogP contribution in [0.3, 0.4) is 0 Å². The highest BCUT2D eigenvalue weighted by atomic mass is 32.2. The molecule has 0 radical (unpaired) electrons. The SMILES string of the molecule is O=C(NS(=O)(=O)c1ccccc1)c1cccc(-n2cnc3c(NC4CC4)nc(C(F)(F)F)nc32)c1. The number of rotatable bonds is 6. The molecule has 0 unspecified atom stereocenters.